The van der Waals surface area contributed by atoms with Crippen molar-refractivity contribution in [3.63, 3.8) is 0 Å². The van der Waals surface area contributed by atoms with Crippen molar-refractivity contribution in [2.75, 3.05) is 0 Å². The van der Waals surface area contributed by atoms with Crippen LogP contribution in [-0.2, 0) is 0 Å². The van der Waals surface area contributed by atoms with Crippen molar-refractivity contribution in [3.8, 4) is 159 Å². The van der Waals surface area contributed by atoms with Crippen molar-refractivity contribution in [3.05, 3.63) is 386 Å². The summed E-state index contributed by atoms with van der Waals surface area (Å²) in [6.45, 7) is 15.8. The number of hydrogen-bond donors (Lipinski definition) is 0. The molecule has 0 amide bonds. The van der Waals surface area contributed by atoms with Crippen molar-refractivity contribution in [1.82, 2.24) is 39.0 Å². The van der Waals surface area contributed by atoms with Crippen LogP contribution < -0.4 is 0 Å². The molecule has 0 saturated carbocycles. The zero-order chi connectivity index (χ0) is 75.2. The van der Waals surface area contributed by atoms with Crippen molar-refractivity contribution in [1.29, 1.82) is 10.5 Å². The molecule has 12 nitrogen and oxygen atoms in total. The van der Waals surface area contributed by atoms with Gasteiger partial charge in [0.25, 0.3) is 0 Å². The fourth-order valence-electron chi connectivity index (χ4n) is 15.3. The molecule has 0 aliphatic carbocycles. The Morgan fingerprint density at radius 2 is 0.500 bits per heavy atom. The Kier molecular flexibility index (Phi) is 16.8. The summed E-state index contributed by atoms with van der Waals surface area (Å²) in [5.74, 6) is 2.99. The molecule has 112 heavy (non-hydrogen) atoms. The SMILES string of the molecule is [C-]#[N+]c1cccc(-c2ccc3c(c2)c2cc(-c4cccc(C#N)c4)ccc2n3-c2ccc(-c3cccc(-c4ccc(-n5c6ccc(-c7cccc(C#N)c7)cc6c6cc(-c7cccc([N+]#[C-])c7)ccc65)cc4-c4nc(-c5ccccc5)nc(-c5ccccc5)n4)c3)c(-c3nc(-c4ccccc4)nc(-c4ccccc4)n3)c2)c1. The van der Waals surface area contributed by atoms with Gasteiger partial charge in [-0.1, -0.05) is 237 Å². The molecule has 4 heterocycles. The topological polar surface area (TPSA) is 144 Å². The number of benzene rings is 15. The van der Waals surface area contributed by atoms with Crippen molar-refractivity contribution >= 4 is 55.0 Å². The second-order valence-corrected chi connectivity index (χ2v) is 27.4. The lowest BCUT2D eigenvalue weighted by Crippen LogP contribution is -2.03. The van der Waals surface area contributed by atoms with Gasteiger partial charge in [0.2, 0.25) is 0 Å². The normalized spacial score (nSPS) is 11.2. The van der Waals surface area contributed by atoms with E-state index < -0.39 is 0 Å². The maximum atomic E-state index is 10.0. The van der Waals surface area contributed by atoms with Gasteiger partial charge >= 0.3 is 0 Å². The maximum Gasteiger partial charge on any atom is 0.187 e. The molecule has 0 bridgehead atoms. The third-order valence-electron chi connectivity index (χ3n) is 20.7. The summed E-state index contributed by atoms with van der Waals surface area (Å²) in [5.41, 5.74) is 23.7. The first-order valence-corrected chi connectivity index (χ1v) is 36.5. The van der Waals surface area contributed by atoms with Gasteiger partial charge in [-0.05, 0) is 182 Å². The molecule has 19 aromatic rings. The van der Waals surface area contributed by atoms with E-state index in [2.05, 4.69) is 164 Å². The van der Waals surface area contributed by atoms with E-state index >= 15 is 0 Å². The van der Waals surface area contributed by atoms with Crippen LogP contribution in [0.4, 0.5) is 11.4 Å². The van der Waals surface area contributed by atoms with E-state index in [1.54, 1.807) is 0 Å². The summed E-state index contributed by atoms with van der Waals surface area (Å²) >= 11 is 0. The lowest BCUT2D eigenvalue weighted by Gasteiger charge is -2.18. The van der Waals surface area contributed by atoms with Crippen LogP contribution >= 0.6 is 0 Å². The molecule has 0 saturated heterocycles. The fourth-order valence-corrected chi connectivity index (χ4v) is 15.3. The molecule has 0 atom stereocenters. The average Bonchev–Trinajstić information content (AvgIpc) is 1.57. The van der Waals surface area contributed by atoms with Crippen LogP contribution in [0.2, 0.25) is 0 Å². The molecule has 12 heteroatoms. The molecule has 0 unspecified atom stereocenters. The molecule has 0 N–H and O–H groups in total. The van der Waals surface area contributed by atoms with E-state index in [1.807, 2.05) is 218 Å². The van der Waals surface area contributed by atoms with Gasteiger partial charge in [0.15, 0.2) is 46.3 Å². The Hall–Kier alpha value is -16.1. The van der Waals surface area contributed by atoms with Gasteiger partial charge in [-0.3, -0.25) is 0 Å². The quantitative estimate of drug-likeness (QED) is 0.0979. The van der Waals surface area contributed by atoms with Crippen LogP contribution in [0.5, 0.6) is 0 Å². The highest BCUT2D eigenvalue weighted by molar-refractivity contribution is 6.13. The Morgan fingerprint density at radius 1 is 0.223 bits per heavy atom. The maximum absolute atomic E-state index is 10.0. The number of rotatable bonds is 14. The van der Waals surface area contributed by atoms with Crippen molar-refractivity contribution in [2.24, 2.45) is 0 Å². The molecule has 4 aromatic heterocycles. The summed E-state index contributed by atoms with van der Waals surface area (Å²) in [6, 6.07) is 123. The Bertz CT molecular complexity index is 6410. The van der Waals surface area contributed by atoms with E-state index in [0.29, 0.717) is 57.4 Å². The third kappa shape index (κ3) is 12.4. The monoisotopic (exact) mass is 1430 g/mol. The van der Waals surface area contributed by atoms with Crippen LogP contribution in [0.25, 0.3) is 200 Å². The molecule has 0 aliphatic rings. The number of fused-ring (bicyclic) bond motifs is 6. The van der Waals surface area contributed by atoms with Crippen LogP contribution in [0, 0.1) is 35.8 Å². The van der Waals surface area contributed by atoms with E-state index in [-0.39, 0.29) is 0 Å². The van der Waals surface area contributed by atoms with E-state index in [4.69, 9.17) is 43.0 Å². The number of aromatic nitrogens is 8. The summed E-state index contributed by atoms with van der Waals surface area (Å²) in [5, 5.41) is 24.1. The van der Waals surface area contributed by atoms with Crippen molar-refractivity contribution in [2.45, 2.75) is 0 Å². The van der Waals surface area contributed by atoms with Gasteiger partial charge in [0, 0.05) is 66.3 Å². The molecule has 0 radical (unpaired) electrons. The van der Waals surface area contributed by atoms with Crippen LogP contribution in [0.3, 0.4) is 0 Å². The molecule has 0 spiro atoms. The third-order valence-corrected chi connectivity index (χ3v) is 20.7. The zero-order valence-electron chi connectivity index (χ0n) is 59.9. The largest absolute Gasteiger partial charge is 0.309 e. The molecular weight excluding hydrogens is 1370 g/mol. The van der Waals surface area contributed by atoms with Gasteiger partial charge in [-0.15, -0.1) is 0 Å². The summed E-state index contributed by atoms with van der Waals surface area (Å²) in [4.78, 5) is 39.8. The number of nitrogens with zero attached hydrogens (tertiary/aromatic N) is 12. The fraction of sp³-hybridized carbons (Fsp3) is 0. The Balaban J connectivity index is 0.842. The van der Waals surface area contributed by atoms with Crippen LogP contribution in [0.1, 0.15) is 11.1 Å². The Labute approximate surface area is 645 Å². The van der Waals surface area contributed by atoms with Gasteiger partial charge in [-0.2, -0.15) is 10.5 Å². The first-order valence-electron chi connectivity index (χ1n) is 36.5. The summed E-state index contributed by atoms with van der Waals surface area (Å²) < 4.78 is 4.60. The molecule has 518 valence electrons. The average molecular weight is 1430 g/mol. The minimum Gasteiger partial charge on any atom is -0.309 e. The molecule has 19 rings (SSSR count). The molecule has 0 aliphatic heterocycles. The van der Waals surface area contributed by atoms with Crippen LogP contribution in [0.15, 0.2) is 352 Å². The second-order valence-electron chi connectivity index (χ2n) is 27.4. The first kappa shape index (κ1) is 66.6. The molecular formula is C100H58N12. The smallest absolute Gasteiger partial charge is 0.187 e. The lowest BCUT2D eigenvalue weighted by atomic mass is 9.92. The van der Waals surface area contributed by atoms with E-state index in [9.17, 15) is 10.5 Å². The molecule has 15 aromatic carbocycles. The van der Waals surface area contributed by atoms with Crippen molar-refractivity contribution < 1.29 is 0 Å². The standard InChI is InChI=1S/C100H58N12/c1-103-79-36-18-32-71(53-79)75-40-48-93-87(57-75)85-55-73(69-30-15-20-63(50-69)61-101)38-46-91(85)111(93)81-42-44-83(89(59-81)99-107-95(65-22-7-3-8-23-65)105-96(108-99)66-24-9-4-10-25-66)77-34-17-35-78(52-77)84-45-43-82(60-90(84)100-109-97(67-26-11-5-12-27-67)106-98(110-100)68-28-13-6-14-29-68)112-92-47-39-74(70-31-16-21-64(51-70)62-102)56-86(92)88-58-76(41-49-94(88)112)72-33-19-37-80(54-72)104-2/h3-60H. The minimum atomic E-state index is 0.465. The lowest BCUT2D eigenvalue weighted by molar-refractivity contribution is 1.07. The highest BCUT2D eigenvalue weighted by Gasteiger charge is 2.25. The number of hydrogen-bond acceptors (Lipinski definition) is 8. The Morgan fingerprint density at radius 3 is 0.821 bits per heavy atom. The van der Waals surface area contributed by atoms with E-state index in [0.717, 1.165) is 155 Å². The first-order chi connectivity index (χ1) is 55.3. The summed E-state index contributed by atoms with van der Waals surface area (Å²) in [7, 11) is 0. The van der Waals surface area contributed by atoms with Gasteiger partial charge in [-0.25, -0.2) is 39.6 Å². The minimum absolute atomic E-state index is 0.465. The van der Waals surface area contributed by atoms with Crippen LogP contribution in [-0.4, -0.2) is 39.0 Å². The molecule has 0 fully saturated rings. The predicted octanol–water partition coefficient (Wildman–Crippen LogP) is 25.1. The zero-order valence-corrected chi connectivity index (χ0v) is 59.9. The summed E-state index contributed by atoms with van der Waals surface area (Å²) in [6.07, 6.45) is 0. The number of nitriles is 2. The van der Waals surface area contributed by atoms with E-state index in [1.165, 1.54) is 0 Å². The highest BCUT2D eigenvalue weighted by atomic mass is 15.1. The second kappa shape index (κ2) is 28.3. The van der Waals surface area contributed by atoms with Gasteiger partial charge in [0.1, 0.15) is 0 Å². The predicted molar refractivity (Wildman–Crippen MR) is 449 cm³/mol. The van der Waals surface area contributed by atoms with Gasteiger partial charge < -0.3 is 9.13 Å². The van der Waals surface area contributed by atoms with Gasteiger partial charge in [0.05, 0.1) is 58.5 Å². The highest BCUT2D eigenvalue weighted by Crippen LogP contribution is 2.45.